The van der Waals surface area contributed by atoms with Gasteiger partial charge in [0, 0.05) is 38.6 Å². The maximum absolute atomic E-state index is 4.30. The molecule has 0 bridgehead atoms. The summed E-state index contributed by atoms with van der Waals surface area (Å²) < 4.78 is 0. The van der Waals surface area contributed by atoms with Crippen molar-refractivity contribution in [1.29, 1.82) is 0 Å². The minimum Gasteiger partial charge on any atom is -0.378 e. The van der Waals surface area contributed by atoms with E-state index in [-0.39, 0.29) is 0 Å². The fourth-order valence-electron chi connectivity index (χ4n) is 3.19. The van der Waals surface area contributed by atoms with Crippen LogP contribution in [-0.4, -0.2) is 20.6 Å². The first-order chi connectivity index (χ1) is 13.1. The quantitative estimate of drug-likeness (QED) is 0.525. The zero-order valence-corrected chi connectivity index (χ0v) is 16.5. The maximum Gasteiger partial charge on any atom is 0.0429 e. The van der Waals surface area contributed by atoms with E-state index in [4.69, 9.17) is 0 Å². The molecule has 0 unspecified atom stereocenters. The predicted octanol–water partition coefficient (Wildman–Crippen LogP) is 5.84. The fourth-order valence-corrected chi connectivity index (χ4v) is 3.19. The Hall–Kier alpha value is -3.00. The Bertz CT molecular complexity index is 862. The summed E-state index contributed by atoms with van der Waals surface area (Å²) in [5, 5.41) is 0. The van der Waals surface area contributed by atoms with Crippen LogP contribution in [0.15, 0.2) is 85.4 Å². The number of hydrogen-bond donors (Lipinski definition) is 0. The van der Waals surface area contributed by atoms with E-state index in [2.05, 4.69) is 116 Å². The van der Waals surface area contributed by atoms with Gasteiger partial charge in [0.2, 0.25) is 0 Å². The van der Waals surface area contributed by atoms with E-state index in [1.807, 2.05) is 0 Å². The van der Waals surface area contributed by atoms with E-state index in [9.17, 15) is 0 Å². The normalized spacial score (nSPS) is 10.5. The van der Waals surface area contributed by atoms with E-state index in [1.54, 1.807) is 0 Å². The van der Waals surface area contributed by atoms with Crippen molar-refractivity contribution < 1.29 is 0 Å². The summed E-state index contributed by atoms with van der Waals surface area (Å²) in [6.45, 7) is 8.40. The lowest BCUT2D eigenvalue weighted by Gasteiger charge is -2.23. The van der Waals surface area contributed by atoms with Gasteiger partial charge < -0.3 is 9.80 Å². The second-order valence-corrected chi connectivity index (χ2v) is 6.97. The smallest absolute Gasteiger partial charge is 0.0429 e. The Morgan fingerprint density at radius 1 is 0.741 bits per heavy atom. The van der Waals surface area contributed by atoms with Gasteiger partial charge in [0.1, 0.15) is 0 Å². The number of rotatable bonds is 7. The first-order valence-corrected chi connectivity index (χ1v) is 9.44. The molecule has 2 heteroatoms. The topological polar surface area (TPSA) is 6.48 Å². The van der Waals surface area contributed by atoms with Crippen molar-refractivity contribution in [3.8, 4) is 0 Å². The molecule has 0 saturated heterocycles. The molecule has 0 aliphatic rings. The predicted molar refractivity (Wildman–Crippen MR) is 119 cm³/mol. The molecule has 0 heterocycles. The van der Waals surface area contributed by atoms with Gasteiger partial charge in [-0.05, 0) is 53.5 Å². The average molecular weight is 357 g/mol. The lowest BCUT2D eigenvalue weighted by Crippen LogP contribution is -2.21. The van der Waals surface area contributed by atoms with Gasteiger partial charge in [-0.25, -0.2) is 0 Å². The molecule has 0 spiro atoms. The molecule has 0 N–H and O–H groups in total. The van der Waals surface area contributed by atoms with Gasteiger partial charge in [-0.2, -0.15) is 0 Å². The average Bonchev–Trinajstić information content (AvgIpc) is 2.72. The van der Waals surface area contributed by atoms with Crippen LogP contribution < -0.4 is 9.80 Å². The minimum atomic E-state index is 0.920. The van der Waals surface area contributed by atoms with E-state index >= 15 is 0 Å². The summed E-state index contributed by atoms with van der Waals surface area (Å²) in [6, 6.07) is 27.9. The van der Waals surface area contributed by atoms with E-state index in [0.29, 0.717) is 0 Å². The SMILES string of the molecule is C=C(c1ccc(N(C)C)cc1)c1ccc(N(CC)Cc2ccccc2)cc1. The summed E-state index contributed by atoms with van der Waals surface area (Å²) in [7, 11) is 4.11. The molecule has 27 heavy (non-hydrogen) atoms. The first kappa shape index (κ1) is 18.8. The lowest BCUT2D eigenvalue weighted by atomic mass is 9.99. The molecule has 3 aromatic rings. The molecule has 0 aliphatic heterocycles. The zero-order valence-electron chi connectivity index (χ0n) is 16.5. The van der Waals surface area contributed by atoms with Gasteiger partial charge in [0.25, 0.3) is 0 Å². The van der Waals surface area contributed by atoms with Crippen molar-refractivity contribution in [3.05, 3.63) is 102 Å². The molecule has 3 rings (SSSR count). The fraction of sp³-hybridized carbons (Fsp3) is 0.200. The Balaban J connectivity index is 1.74. The molecule has 0 amide bonds. The summed E-state index contributed by atoms with van der Waals surface area (Å²) in [6.07, 6.45) is 0. The maximum atomic E-state index is 4.30. The highest BCUT2D eigenvalue weighted by Crippen LogP contribution is 2.26. The summed E-state index contributed by atoms with van der Waals surface area (Å²) in [5.41, 5.74) is 7.13. The van der Waals surface area contributed by atoms with Crippen molar-refractivity contribution in [2.75, 3.05) is 30.4 Å². The molecular formula is C25H28N2. The second-order valence-electron chi connectivity index (χ2n) is 6.97. The third-order valence-corrected chi connectivity index (χ3v) is 4.91. The van der Waals surface area contributed by atoms with E-state index in [0.717, 1.165) is 29.8 Å². The molecule has 2 nitrogen and oxygen atoms in total. The molecule has 0 saturated carbocycles. The van der Waals surface area contributed by atoms with Crippen molar-refractivity contribution >= 4 is 16.9 Å². The Morgan fingerprint density at radius 2 is 1.26 bits per heavy atom. The third-order valence-electron chi connectivity index (χ3n) is 4.91. The minimum absolute atomic E-state index is 0.920. The standard InChI is InChI=1S/C25H28N2/c1-5-27(19-21-9-7-6-8-10-21)25-17-13-23(14-18-25)20(2)22-11-15-24(16-12-22)26(3)4/h6-18H,2,5,19H2,1,3-4H3. The zero-order chi connectivity index (χ0) is 19.2. The van der Waals surface area contributed by atoms with Crippen LogP contribution in [0.4, 0.5) is 11.4 Å². The highest BCUT2D eigenvalue weighted by atomic mass is 15.1. The molecule has 3 aromatic carbocycles. The molecule has 0 fully saturated rings. The number of anilines is 2. The third kappa shape index (κ3) is 4.59. The van der Waals surface area contributed by atoms with Crippen molar-refractivity contribution in [2.45, 2.75) is 13.5 Å². The van der Waals surface area contributed by atoms with Gasteiger partial charge in [-0.3, -0.25) is 0 Å². The Kier molecular flexibility index (Phi) is 5.97. The second kappa shape index (κ2) is 8.59. The van der Waals surface area contributed by atoms with Crippen LogP contribution in [0, 0.1) is 0 Å². The van der Waals surface area contributed by atoms with Crippen molar-refractivity contribution in [2.24, 2.45) is 0 Å². The van der Waals surface area contributed by atoms with Crippen LogP contribution >= 0.6 is 0 Å². The largest absolute Gasteiger partial charge is 0.378 e. The number of hydrogen-bond acceptors (Lipinski definition) is 2. The van der Waals surface area contributed by atoms with Crippen LogP contribution in [0.5, 0.6) is 0 Å². The van der Waals surface area contributed by atoms with Gasteiger partial charge in [-0.1, -0.05) is 61.2 Å². The molecular weight excluding hydrogens is 328 g/mol. The highest BCUT2D eigenvalue weighted by molar-refractivity contribution is 5.79. The highest BCUT2D eigenvalue weighted by Gasteiger charge is 2.08. The van der Waals surface area contributed by atoms with Crippen molar-refractivity contribution in [3.63, 3.8) is 0 Å². The number of nitrogens with zero attached hydrogens (tertiary/aromatic N) is 2. The lowest BCUT2D eigenvalue weighted by molar-refractivity contribution is 0.832. The van der Waals surface area contributed by atoms with Crippen molar-refractivity contribution in [1.82, 2.24) is 0 Å². The van der Waals surface area contributed by atoms with Crippen LogP contribution in [0.2, 0.25) is 0 Å². The van der Waals surface area contributed by atoms with Gasteiger partial charge in [0.15, 0.2) is 0 Å². The van der Waals surface area contributed by atoms with Crippen LogP contribution in [0.1, 0.15) is 23.6 Å². The summed E-state index contributed by atoms with van der Waals surface area (Å²) in [5.74, 6) is 0. The summed E-state index contributed by atoms with van der Waals surface area (Å²) in [4.78, 5) is 4.49. The molecule has 0 aliphatic carbocycles. The van der Waals surface area contributed by atoms with Gasteiger partial charge in [-0.15, -0.1) is 0 Å². The van der Waals surface area contributed by atoms with Crippen LogP contribution in [-0.2, 0) is 6.54 Å². The Morgan fingerprint density at radius 3 is 1.74 bits per heavy atom. The molecule has 138 valence electrons. The molecule has 0 radical (unpaired) electrons. The number of benzene rings is 3. The van der Waals surface area contributed by atoms with E-state index in [1.165, 1.54) is 16.9 Å². The summed E-state index contributed by atoms with van der Waals surface area (Å²) >= 11 is 0. The van der Waals surface area contributed by atoms with Crippen LogP contribution in [0.3, 0.4) is 0 Å². The van der Waals surface area contributed by atoms with Crippen LogP contribution in [0.25, 0.3) is 5.57 Å². The first-order valence-electron chi connectivity index (χ1n) is 9.44. The monoisotopic (exact) mass is 356 g/mol. The molecule has 0 atom stereocenters. The Labute approximate surface area is 163 Å². The van der Waals surface area contributed by atoms with Gasteiger partial charge in [0.05, 0.1) is 0 Å². The van der Waals surface area contributed by atoms with E-state index < -0.39 is 0 Å². The molecule has 0 aromatic heterocycles. The van der Waals surface area contributed by atoms with Gasteiger partial charge >= 0.3 is 0 Å².